The summed E-state index contributed by atoms with van der Waals surface area (Å²) >= 11 is 0. The summed E-state index contributed by atoms with van der Waals surface area (Å²) in [6, 6.07) is 4.50. The van der Waals surface area contributed by atoms with Crippen LogP contribution in [0.3, 0.4) is 0 Å². The number of nitrogens with zero attached hydrogens (tertiary/aromatic N) is 8. The van der Waals surface area contributed by atoms with Gasteiger partial charge >= 0.3 is 6.18 Å². The molecule has 0 aromatic carbocycles. The molecule has 0 N–H and O–H groups in total. The lowest BCUT2D eigenvalue weighted by atomic mass is 10.0. The van der Waals surface area contributed by atoms with E-state index in [1.54, 1.807) is 46.7 Å². The second-order valence-corrected chi connectivity index (χ2v) is 7.78. The number of fused-ring (bicyclic) bond motifs is 2. The van der Waals surface area contributed by atoms with Crippen LogP contribution in [0.5, 0.6) is 0 Å². The highest BCUT2D eigenvalue weighted by molar-refractivity contribution is 5.94. The first-order chi connectivity index (χ1) is 15.1. The summed E-state index contributed by atoms with van der Waals surface area (Å²) in [6.45, 7) is 0.653. The molecule has 0 saturated heterocycles. The smallest absolute Gasteiger partial charge is 0.331 e. The molecule has 0 aliphatic carbocycles. The fourth-order valence-corrected chi connectivity index (χ4v) is 4.16. The summed E-state index contributed by atoms with van der Waals surface area (Å²) < 4.78 is 43.8. The van der Waals surface area contributed by atoms with Gasteiger partial charge in [0.25, 0.3) is 5.91 Å². The first kappa shape index (κ1) is 20.2. The van der Waals surface area contributed by atoms with Gasteiger partial charge in [0.1, 0.15) is 11.2 Å². The lowest BCUT2D eigenvalue weighted by Crippen LogP contribution is -2.36. The zero-order chi connectivity index (χ0) is 22.8. The molecule has 1 amide bonds. The maximum absolute atomic E-state index is 13.1. The summed E-state index contributed by atoms with van der Waals surface area (Å²) in [5.74, 6) is -0.228. The summed E-state index contributed by atoms with van der Waals surface area (Å²) in [6.07, 6.45) is -2.46. The van der Waals surface area contributed by atoms with Gasteiger partial charge in [-0.25, -0.2) is 4.98 Å². The summed E-state index contributed by atoms with van der Waals surface area (Å²) in [7, 11) is 4.96. The normalized spacial score (nSPS) is 14.2. The average molecular weight is 444 g/mol. The fraction of sp³-hybridized carbons (Fsp3) is 0.350. The van der Waals surface area contributed by atoms with E-state index in [2.05, 4.69) is 20.3 Å². The Kier molecular flexibility index (Phi) is 4.36. The third-order valence-electron chi connectivity index (χ3n) is 5.72. The molecule has 9 nitrogen and oxygen atoms in total. The number of rotatable bonds is 2. The maximum atomic E-state index is 13.1. The summed E-state index contributed by atoms with van der Waals surface area (Å²) in [5, 5.41) is 12.2. The Hall–Kier alpha value is -3.70. The number of hydrogen-bond acceptors (Lipinski definition) is 5. The minimum atomic E-state index is -4.53. The highest BCUT2D eigenvalue weighted by Gasteiger charge is 2.36. The lowest BCUT2D eigenvalue weighted by molar-refractivity contribution is -0.141. The van der Waals surface area contributed by atoms with E-state index >= 15 is 0 Å². The van der Waals surface area contributed by atoms with Crippen molar-refractivity contribution in [3.63, 3.8) is 0 Å². The van der Waals surface area contributed by atoms with Crippen molar-refractivity contribution < 1.29 is 18.0 Å². The number of aryl methyl sites for hydroxylation is 3. The third-order valence-corrected chi connectivity index (χ3v) is 5.72. The first-order valence-corrected chi connectivity index (χ1v) is 9.88. The Morgan fingerprint density at radius 3 is 2.56 bits per heavy atom. The highest BCUT2D eigenvalue weighted by Crippen LogP contribution is 2.34. The molecule has 0 fully saturated rings. The Balaban J connectivity index is 1.45. The first-order valence-electron chi connectivity index (χ1n) is 9.88. The van der Waals surface area contributed by atoms with Crippen LogP contribution in [0.1, 0.15) is 27.4 Å². The zero-order valence-electron chi connectivity index (χ0n) is 17.6. The number of carbonyl (C=O) groups is 1. The molecule has 12 heteroatoms. The molecule has 1 aliphatic rings. The Labute approximate surface area is 180 Å². The summed E-state index contributed by atoms with van der Waals surface area (Å²) in [4.78, 5) is 19.1. The average Bonchev–Trinajstić information content (AvgIpc) is 3.40. The second kappa shape index (κ2) is 6.90. The molecule has 166 valence electrons. The number of halogens is 3. The van der Waals surface area contributed by atoms with E-state index in [4.69, 9.17) is 0 Å². The fourth-order valence-electron chi connectivity index (χ4n) is 4.16. The van der Waals surface area contributed by atoms with Crippen LogP contribution < -0.4 is 0 Å². The molecule has 0 bridgehead atoms. The molecular weight excluding hydrogens is 425 g/mol. The molecular formula is C20H19F3N8O. The van der Waals surface area contributed by atoms with E-state index in [-0.39, 0.29) is 12.5 Å². The minimum Gasteiger partial charge on any atom is -0.331 e. The van der Waals surface area contributed by atoms with Crippen LogP contribution in [0, 0.1) is 0 Å². The van der Waals surface area contributed by atoms with Crippen LogP contribution in [0.4, 0.5) is 13.2 Å². The quantitative estimate of drug-likeness (QED) is 0.474. The summed E-state index contributed by atoms with van der Waals surface area (Å²) in [5.41, 5.74) is 3.20. The predicted octanol–water partition coefficient (Wildman–Crippen LogP) is 2.32. The van der Waals surface area contributed by atoms with Crippen molar-refractivity contribution in [1.29, 1.82) is 0 Å². The molecule has 0 saturated carbocycles. The van der Waals surface area contributed by atoms with E-state index in [1.807, 2.05) is 0 Å². The molecule has 0 atom stereocenters. The number of hydrogen-bond donors (Lipinski definition) is 0. The van der Waals surface area contributed by atoms with Crippen molar-refractivity contribution in [1.82, 2.24) is 39.2 Å². The van der Waals surface area contributed by atoms with Gasteiger partial charge in [-0.3, -0.25) is 18.8 Å². The van der Waals surface area contributed by atoms with Crippen LogP contribution in [-0.4, -0.2) is 51.7 Å². The van der Waals surface area contributed by atoms with Gasteiger partial charge < -0.3 is 4.90 Å². The second-order valence-electron chi connectivity index (χ2n) is 7.78. The van der Waals surface area contributed by atoms with Crippen LogP contribution in [-0.2, 0) is 40.3 Å². The number of amides is 1. The topological polar surface area (TPSA) is 86.7 Å². The molecule has 0 spiro atoms. The molecule has 4 aromatic heterocycles. The Bertz CT molecular complexity index is 1360. The van der Waals surface area contributed by atoms with Gasteiger partial charge in [0, 0.05) is 33.3 Å². The molecule has 1 aliphatic heterocycles. The zero-order valence-corrected chi connectivity index (χ0v) is 17.6. The van der Waals surface area contributed by atoms with Gasteiger partial charge in [-0.1, -0.05) is 0 Å². The minimum absolute atomic E-state index is 0.228. The van der Waals surface area contributed by atoms with Crippen molar-refractivity contribution in [3.8, 4) is 11.4 Å². The van der Waals surface area contributed by atoms with Crippen molar-refractivity contribution in [3.05, 3.63) is 47.0 Å². The van der Waals surface area contributed by atoms with E-state index in [1.165, 1.54) is 11.7 Å². The van der Waals surface area contributed by atoms with Crippen molar-refractivity contribution >= 4 is 16.9 Å². The number of alkyl halides is 3. The monoisotopic (exact) mass is 444 g/mol. The van der Waals surface area contributed by atoms with Gasteiger partial charge in [0.05, 0.1) is 35.3 Å². The van der Waals surface area contributed by atoms with Crippen molar-refractivity contribution in [2.45, 2.75) is 19.1 Å². The van der Waals surface area contributed by atoms with E-state index < -0.39 is 11.9 Å². The van der Waals surface area contributed by atoms with Crippen molar-refractivity contribution in [2.24, 2.45) is 21.1 Å². The van der Waals surface area contributed by atoms with Crippen LogP contribution in [0.2, 0.25) is 0 Å². The lowest BCUT2D eigenvalue weighted by Gasteiger charge is -2.26. The molecule has 5 heterocycles. The standard InChI is InChI=1S/C20H19F3N8O/c1-28-15-5-4-12(25-13(15)9-24-28)19(32)31-7-6-11-14(10-31)26-30(3)18(11)16-8-17(20(21,22)23)27-29(16)2/h4-5,8-9H,6-7,10H2,1-3H3. The van der Waals surface area contributed by atoms with Crippen molar-refractivity contribution in [2.75, 3.05) is 6.54 Å². The van der Waals surface area contributed by atoms with Gasteiger partial charge in [0.15, 0.2) is 5.69 Å². The van der Waals surface area contributed by atoms with Gasteiger partial charge in [-0.15, -0.1) is 0 Å². The third kappa shape index (κ3) is 3.13. The Morgan fingerprint density at radius 2 is 1.84 bits per heavy atom. The predicted molar refractivity (Wildman–Crippen MR) is 107 cm³/mol. The van der Waals surface area contributed by atoms with Gasteiger partial charge in [-0.2, -0.15) is 28.5 Å². The van der Waals surface area contributed by atoms with E-state index in [0.29, 0.717) is 41.3 Å². The number of aromatic nitrogens is 7. The molecule has 32 heavy (non-hydrogen) atoms. The van der Waals surface area contributed by atoms with E-state index in [9.17, 15) is 18.0 Å². The van der Waals surface area contributed by atoms with Crippen LogP contribution >= 0.6 is 0 Å². The highest BCUT2D eigenvalue weighted by atomic mass is 19.4. The number of carbonyl (C=O) groups excluding carboxylic acids is 1. The Morgan fingerprint density at radius 1 is 1.06 bits per heavy atom. The van der Waals surface area contributed by atoms with Gasteiger partial charge in [-0.05, 0) is 24.6 Å². The number of pyridine rings is 1. The largest absolute Gasteiger partial charge is 0.435 e. The van der Waals surface area contributed by atoms with E-state index in [0.717, 1.165) is 17.1 Å². The van der Waals surface area contributed by atoms with Gasteiger partial charge in [0.2, 0.25) is 0 Å². The molecule has 0 radical (unpaired) electrons. The van der Waals surface area contributed by atoms with Crippen LogP contribution in [0.25, 0.3) is 22.4 Å². The van der Waals surface area contributed by atoms with Crippen LogP contribution in [0.15, 0.2) is 24.4 Å². The SMILES string of the molecule is Cn1nc(C(F)(F)F)cc1-c1c2c(nn1C)CN(C(=O)c1ccc3c(cnn3C)n1)CC2. The molecule has 5 rings (SSSR count). The maximum Gasteiger partial charge on any atom is 0.435 e. The molecule has 0 unspecified atom stereocenters. The molecule has 4 aromatic rings.